The molecule has 9 aromatic rings. The van der Waals surface area contributed by atoms with Gasteiger partial charge < -0.3 is 38.9 Å². The van der Waals surface area contributed by atoms with E-state index in [1.54, 1.807) is 87.5 Å². The zero-order chi connectivity index (χ0) is 75.2. The normalized spacial score (nSPS) is 18.7. The predicted octanol–water partition coefficient (Wildman–Crippen LogP) is 20.2. The molecule has 3 saturated heterocycles. The van der Waals surface area contributed by atoms with Crippen molar-refractivity contribution in [2.75, 3.05) is 14.7 Å². The van der Waals surface area contributed by atoms with Gasteiger partial charge in [0.15, 0.2) is 5.78 Å². The number of β-lactam (4-membered cyclic amide) rings is 3. The number of anilines is 3. The highest BCUT2D eigenvalue weighted by atomic mass is 28.4. The molecule has 0 saturated carbocycles. The third-order valence-corrected chi connectivity index (χ3v) is 29.6. The number of nitrogens with zero attached hydrogens (tertiary/aromatic N) is 3. The molecule has 544 valence electrons. The number of Topliss-reactive ketones (excluding diaryl/α,β-unsaturated/α-hetero) is 1. The molecule has 20 heteroatoms. The van der Waals surface area contributed by atoms with Crippen molar-refractivity contribution in [1.29, 1.82) is 0 Å². The molecule has 0 aromatic heterocycles. The first-order chi connectivity index (χ1) is 49.2. The zero-order valence-corrected chi connectivity index (χ0v) is 62.0. The number of hydrogen-bond acceptors (Lipinski definition) is 9. The van der Waals surface area contributed by atoms with Crippen molar-refractivity contribution in [3.8, 4) is 17.2 Å². The molecule has 8 atom stereocenters. The Bertz CT molecular complexity index is 4410. The number of carbonyl (C=O) groups is 4. The van der Waals surface area contributed by atoms with Gasteiger partial charge in [0.1, 0.15) is 52.2 Å². The van der Waals surface area contributed by atoms with Crippen molar-refractivity contribution in [2.24, 2.45) is 17.8 Å². The Balaban J connectivity index is 0.000000168. The molecule has 12 nitrogen and oxygen atoms in total. The molecule has 3 amide bonds. The number of benzene rings is 9. The van der Waals surface area contributed by atoms with Gasteiger partial charge in [-0.05, 0) is 254 Å². The van der Waals surface area contributed by atoms with Crippen LogP contribution >= 0.6 is 0 Å². The molecule has 3 heterocycles. The molecule has 104 heavy (non-hydrogen) atoms. The first kappa shape index (κ1) is 77.0. The van der Waals surface area contributed by atoms with Crippen molar-refractivity contribution in [3.05, 3.63) is 287 Å². The minimum Gasteiger partial charge on any atom is -0.544 e. The van der Waals surface area contributed by atoms with E-state index in [2.05, 4.69) is 67.7 Å². The van der Waals surface area contributed by atoms with Crippen LogP contribution in [0.1, 0.15) is 149 Å². The number of ketones is 1. The second kappa shape index (κ2) is 32.2. The summed E-state index contributed by atoms with van der Waals surface area (Å²) < 4.78 is 92.9. The summed E-state index contributed by atoms with van der Waals surface area (Å²) in [5, 5.41) is 30.8. The summed E-state index contributed by atoms with van der Waals surface area (Å²) in [4.78, 5) is 57.1. The third kappa shape index (κ3) is 17.9. The van der Waals surface area contributed by atoms with E-state index in [0.717, 1.165) is 28.2 Å². The lowest BCUT2D eigenvalue weighted by atomic mass is 9.78. The van der Waals surface area contributed by atoms with Crippen LogP contribution in [0.15, 0.2) is 218 Å². The summed E-state index contributed by atoms with van der Waals surface area (Å²) in [6.07, 6.45) is 0.522. The number of phenols is 1. The number of rotatable bonds is 22. The van der Waals surface area contributed by atoms with Gasteiger partial charge in [-0.15, -0.1) is 0 Å². The smallest absolute Gasteiger partial charge is 0.250 e. The van der Waals surface area contributed by atoms with Crippen molar-refractivity contribution in [2.45, 2.75) is 147 Å². The quantitative estimate of drug-likeness (QED) is 0.0260. The van der Waals surface area contributed by atoms with Gasteiger partial charge in [0.05, 0.1) is 48.1 Å². The summed E-state index contributed by atoms with van der Waals surface area (Å²) >= 11 is 0. The maximum absolute atomic E-state index is 13.6. The lowest BCUT2D eigenvalue weighted by Crippen LogP contribution is -2.55. The number of amides is 3. The Labute approximate surface area is 606 Å². The Morgan fingerprint density at radius 1 is 0.394 bits per heavy atom. The van der Waals surface area contributed by atoms with Crippen LogP contribution in [-0.4, -0.2) is 55.5 Å². The molecule has 3 aliphatic rings. The fourth-order valence-electron chi connectivity index (χ4n) is 12.8. The molecule has 0 spiro atoms. The number of hydrogen-bond donors (Lipinski definition) is 3. The molecule has 0 unspecified atom stereocenters. The fourth-order valence-corrected chi connectivity index (χ4v) is 14.8. The Morgan fingerprint density at radius 3 is 0.942 bits per heavy atom. The zero-order valence-electron chi connectivity index (χ0n) is 60.0. The second-order valence-electron chi connectivity index (χ2n) is 29.9. The molecule has 3 fully saturated rings. The largest absolute Gasteiger partial charge is 0.544 e. The standard InChI is InChI=1S/C30H35F2NO3Si.C30H33F2NO3Si.C24H21F2NO3/c2*1-30(2,3)37(4,5)36-25-16-8-21(9-17-25)28-26(18-19-27(34)20-6-10-22(31)11-7-20)29(35)33(28)24-14-12-23(32)13-15-24;25-17-5-1-15(2-6-17)22(29)14-13-21-23(16-3-11-20(28)12-4-16)27(24(21)30)19-9-7-18(26)8-10-19/h6-17,26-28,34H,18-19H2,1-5H3;6-17,26,28H,18-19H2,1-5H3;1-12,21-23,28-29H,13-14H2/t26-,27+,28-;26-,28-;21-,22+,23-/m111/s1. The number of aromatic hydroxyl groups is 1. The van der Waals surface area contributed by atoms with Crippen LogP contribution in [0, 0.1) is 52.7 Å². The van der Waals surface area contributed by atoms with Gasteiger partial charge in [-0.3, -0.25) is 19.2 Å². The van der Waals surface area contributed by atoms with Gasteiger partial charge in [0, 0.05) is 29.0 Å². The molecule has 9 aromatic carbocycles. The molecule has 0 aliphatic carbocycles. The maximum Gasteiger partial charge on any atom is 0.250 e. The molecule has 3 N–H and O–H groups in total. The second-order valence-corrected chi connectivity index (χ2v) is 39.4. The van der Waals surface area contributed by atoms with E-state index >= 15 is 0 Å². The molecular weight excluding hydrogens is 1370 g/mol. The van der Waals surface area contributed by atoms with Crippen molar-refractivity contribution in [1.82, 2.24) is 0 Å². The predicted molar refractivity (Wildman–Crippen MR) is 398 cm³/mol. The van der Waals surface area contributed by atoms with Gasteiger partial charge >= 0.3 is 0 Å². The minimum atomic E-state index is -2.00. The molecule has 12 rings (SSSR count). The lowest BCUT2D eigenvalue weighted by molar-refractivity contribution is -0.131. The highest BCUT2D eigenvalue weighted by Gasteiger charge is 2.51. The lowest BCUT2D eigenvalue weighted by Gasteiger charge is -2.48. The topological polar surface area (TPSA) is 157 Å². The summed E-state index contributed by atoms with van der Waals surface area (Å²) in [5.41, 5.74) is 6.19. The van der Waals surface area contributed by atoms with Crippen LogP contribution < -0.4 is 23.6 Å². The molecule has 0 bridgehead atoms. The monoisotopic (exact) mass is 1450 g/mol. The van der Waals surface area contributed by atoms with Crippen LogP contribution in [0.25, 0.3) is 0 Å². The highest BCUT2D eigenvalue weighted by molar-refractivity contribution is 6.75. The number of halogens is 6. The molecule has 3 aliphatic heterocycles. The number of aliphatic hydroxyl groups is 2. The van der Waals surface area contributed by atoms with E-state index in [1.165, 1.54) is 97.1 Å². The average molecular weight is 1450 g/mol. The van der Waals surface area contributed by atoms with Crippen LogP contribution in [0.4, 0.5) is 43.4 Å². The van der Waals surface area contributed by atoms with Crippen LogP contribution in [0.2, 0.25) is 36.3 Å². The van der Waals surface area contributed by atoms with Gasteiger partial charge in [0.25, 0.3) is 0 Å². The number of phenolic OH excluding ortho intramolecular Hbond substituents is 1. The Morgan fingerprint density at radius 2 is 0.654 bits per heavy atom. The van der Waals surface area contributed by atoms with Crippen LogP contribution in [-0.2, 0) is 14.4 Å². The van der Waals surface area contributed by atoms with E-state index in [-0.39, 0.29) is 105 Å². The summed E-state index contributed by atoms with van der Waals surface area (Å²) in [6.45, 7) is 21.9. The van der Waals surface area contributed by atoms with Gasteiger partial charge in [-0.1, -0.05) is 102 Å². The molecular formula is C84H89F6N3O9Si2. The van der Waals surface area contributed by atoms with E-state index in [9.17, 15) is 60.8 Å². The van der Waals surface area contributed by atoms with E-state index in [1.807, 2.05) is 48.5 Å². The SMILES string of the molecule is CC(C)(C)[Si](C)(C)Oc1ccc([C@@H]2[C@@H](CCC(=O)c3ccc(F)cc3)C(=O)N2c2ccc(F)cc2)cc1.CC(C)(C)[Si](C)(C)Oc1ccc([C@@H]2[C@@H](CC[C@H](O)c3ccc(F)cc3)C(=O)N2c2ccc(F)cc2)cc1.O=C1[C@H](CC[C@H](O)c2ccc(F)cc2)[C@@H](c2ccc(O)cc2)N1c1ccc(F)cc1. The van der Waals surface area contributed by atoms with E-state index in [0.29, 0.717) is 65.9 Å². The van der Waals surface area contributed by atoms with Gasteiger partial charge in [-0.2, -0.15) is 0 Å². The van der Waals surface area contributed by atoms with Crippen LogP contribution in [0.3, 0.4) is 0 Å². The number of aliphatic hydroxyl groups excluding tert-OH is 2. The van der Waals surface area contributed by atoms with Gasteiger partial charge in [0.2, 0.25) is 34.4 Å². The van der Waals surface area contributed by atoms with Crippen molar-refractivity contribution >= 4 is 57.2 Å². The summed E-state index contributed by atoms with van der Waals surface area (Å²) in [6, 6.07) is 55.8. The average Bonchev–Trinajstić information content (AvgIpc) is 0.751. The van der Waals surface area contributed by atoms with Crippen molar-refractivity contribution < 1.29 is 69.7 Å². The van der Waals surface area contributed by atoms with Gasteiger partial charge in [-0.25, -0.2) is 26.3 Å². The summed E-state index contributed by atoms with van der Waals surface area (Å²) in [7, 11) is -4.00. The fraction of sp³-hybridized carbons (Fsp3) is 0.310. The number of carbonyl (C=O) groups excluding carboxylic acids is 4. The molecule has 0 radical (unpaired) electrons. The maximum atomic E-state index is 13.6. The first-order valence-electron chi connectivity index (χ1n) is 35.0. The highest BCUT2D eigenvalue weighted by Crippen LogP contribution is 2.50. The van der Waals surface area contributed by atoms with E-state index < -0.39 is 40.6 Å². The summed E-state index contributed by atoms with van der Waals surface area (Å²) in [5.74, 6) is -2.05. The third-order valence-electron chi connectivity index (χ3n) is 20.9. The van der Waals surface area contributed by atoms with E-state index in [4.69, 9.17) is 8.85 Å². The first-order valence-corrected chi connectivity index (χ1v) is 40.8. The van der Waals surface area contributed by atoms with Crippen molar-refractivity contribution in [3.63, 3.8) is 0 Å². The Hall–Kier alpha value is -9.61. The minimum absolute atomic E-state index is 0.0631. The van der Waals surface area contributed by atoms with Crippen LogP contribution in [0.5, 0.6) is 17.2 Å². The Kier molecular flexibility index (Phi) is 23.8.